The molecular formula is C13H24O2S. The number of hydrogen-bond acceptors (Lipinski definition) is 3. The molecule has 16 heavy (non-hydrogen) atoms. The molecule has 0 radical (unpaired) electrons. The number of hydrogen-bond donors (Lipinski definition) is 0. The topological polar surface area (TPSA) is 26.3 Å². The number of rotatable bonds is 6. The van der Waals surface area contributed by atoms with Gasteiger partial charge in [-0.05, 0) is 31.2 Å². The molecule has 2 nitrogen and oxygen atoms in total. The Morgan fingerprint density at radius 1 is 1.50 bits per heavy atom. The third-order valence-corrected chi connectivity index (χ3v) is 3.08. The Hall–Kier alpha value is -0.670. The molecule has 1 aromatic rings. The van der Waals surface area contributed by atoms with Crippen molar-refractivity contribution >= 4 is 17.1 Å². The Labute approximate surface area is 104 Å². The summed E-state index contributed by atoms with van der Waals surface area (Å²) in [5, 5.41) is 2.07. The summed E-state index contributed by atoms with van der Waals surface area (Å²) in [6, 6.07) is 4.16. The van der Waals surface area contributed by atoms with Crippen LogP contribution in [0.5, 0.6) is 0 Å². The van der Waals surface area contributed by atoms with E-state index in [1.807, 2.05) is 6.07 Å². The Kier molecular flexibility index (Phi) is 10.6. The van der Waals surface area contributed by atoms with Crippen molar-refractivity contribution in [2.24, 2.45) is 0 Å². The fourth-order valence-corrected chi connectivity index (χ4v) is 2.11. The average molecular weight is 244 g/mol. The number of ketones is 1. The molecule has 0 aliphatic heterocycles. The quantitative estimate of drug-likeness (QED) is 0.757. The van der Waals surface area contributed by atoms with Gasteiger partial charge in [0.1, 0.15) is 5.78 Å². The zero-order valence-corrected chi connectivity index (χ0v) is 9.47. The van der Waals surface area contributed by atoms with Crippen LogP contribution in [-0.4, -0.2) is 19.0 Å². The fraction of sp³-hybridized carbons (Fsp3) is 0.615. The molecule has 0 N–H and O–H groups in total. The number of ether oxygens (including phenoxy) is 1. The van der Waals surface area contributed by atoms with E-state index in [-0.39, 0.29) is 26.7 Å². The summed E-state index contributed by atoms with van der Waals surface area (Å²) in [4.78, 5) is 12.3. The van der Waals surface area contributed by atoms with E-state index in [0.717, 1.165) is 12.8 Å². The summed E-state index contributed by atoms with van der Waals surface area (Å²) < 4.78 is 5.24. The molecule has 3 heteroatoms. The SMILES string of the molecule is C.C.COC(CCc1cccs1)CC(C)=O. The van der Waals surface area contributed by atoms with E-state index >= 15 is 0 Å². The highest BCUT2D eigenvalue weighted by molar-refractivity contribution is 7.09. The maximum absolute atomic E-state index is 10.9. The van der Waals surface area contributed by atoms with Crippen LogP contribution in [0, 0.1) is 0 Å². The number of carbonyl (C=O) groups excluding carboxylic acids is 1. The molecule has 0 aromatic carbocycles. The minimum atomic E-state index is 0. The van der Waals surface area contributed by atoms with Gasteiger partial charge in [0, 0.05) is 18.4 Å². The number of carbonyl (C=O) groups is 1. The third kappa shape index (κ3) is 6.75. The van der Waals surface area contributed by atoms with Crippen LogP contribution in [0.4, 0.5) is 0 Å². The fourth-order valence-electron chi connectivity index (χ4n) is 1.38. The zero-order valence-electron chi connectivity index (χ0n) is 8.66. The smallest absolute Gasteiger partial charge is 0.132 e. The van der Waals surface area contributed by atoms with Gasteiger partial charge in [-0.2, -0.15) is 0 Å². The van der Waals surface area contributed by atoms with Crippen LogP contribution in [0.25, 0.3) is 0 Å². The summed E-state index contributed by atoms with van der Waals surface area (Å²) in [7, 11) is 1.67. The highest BCUT2D eigenvalue weighted by Crippen LogP contribution is 2.14. The molecule has 0 spiro atoms. The average Bonchev–Trinajstić information content (AvgIpc) is 2.64. The normalized spacial score (nSPS) is 11.1. The summed E-state index contributed by atoms with van der Waals surface area (Å²) in [5.41, 5.74) is 0. The zero-order chi connectivity index (χ0) is 10.4. The van der Waals surface area contributed by atoms with Crippen LogP contribution >= 0.6 is 11.3 Å². The van der Waals surface area contributed by atoms with E-state index in [2.05, 4.69) is 11.4 Å². The van der Waals surface area contributed by atoms with Gasteiger partial charge in [0.2, 0.25) is 0 Å². The lowest BCUT2D eigenvalue weighted by molar-refractivity contribution is -0.119. The summed E-state index contributed by atoms with van der Waals surface area (Å²) in [6.07, 6.45) is 2.54. The van der Waals surface area contributed by atoms with Gasteiger partial charge < -0.3 is 4.74 Å². The van der Waals surface area contributed by atoms with Gasteiger partial charge in [0.05, 0.1) is 6.10 Å². The molecule has 1 aromatic heterocycles. The second kappa shape index (κ2) is 9.55. The van der Waals surface area contributed by atoms with Crippen LogP contribution in [0.1, 0.15) is 39.5 Å². The highest BCUT2D eigenvalue weighted by Gasteiger charge is 2.10. The molecule has 0 bridgehead atoms. The molecule has 0 saturated heterocycles. The van der Waals surface area contributed by atoms with E-state index in [1.165, 1.54) is 4.88 Å². The third-order valence-electron chi connectivity index (χ3n) is 2.14. The standard InChI is InChI=1S/C11H16O2S.2CH4/c1-9(12)8-10(13-2)5-6-11-4-3-7-14-11;;/h3-4,7,10H,5-6,8H2,1-2H3;2*1H4. The molecular weight excluding hydrogens is 220 g/mol. The monoisotopic (exact) mass is 244 g/mol. The maximum Gasteiger partial charge on any atom is 0.132 e. The molecule has 94 valence electrons. The molecule has 0 aliphatic rings. The van der Waals surface area contributed by atoms with Crippen LogP contribution in [0.15, 0.2) is 17.5 Å². The lowest BCUT2D eigenvalue weighted by Gasteiger charge is -2.12. The van der Waals surface area contributed by atoms with Crippen LogP contribution in [0.3, 0.4) is 0 Å². The summed E-state index contributed by atoms with van der Waals surface area (Å²) >= 11 is 1.75. The predicted octanol–water partition coefficient (Wildman–Crippen LogP) is 3.95. The van der Waals surface area contributed by atoms with Gasteiger partial charge in [-0.15, -0.1) is 11.3 Å². The van der Waals surface area contributed by atoms with Crippen LogP contribution in [0.2, 0.25) is 0 Å². The maximum atomic E-state index is 10.9. The number of aryl methyl sites for hydroxylation is 1. The van der Waals surface area contributed by atoms with Gasteiger partial charge in [-0.1, -0.05) is 20.9 Å². The van der Waals surface area contributed by atoms with Crippen molar-refractivity contribution in [3.63, 3.8) is 0 Å². The van der Waals surface area contributed by atoms with E-state index in [9.17, 15) is 4.79 Å². The molecule has 0 saturated carbocycles. The molecule has 1 atom stereocenters. The van der Waals surface area contributed by atoms with Gasteiger partial charge >= 0.3 is 0 Å². The number of thiophene rings is 1. The van der Waals surface area contributed by atoms with Crippen LogP contribution < -0.4 is 0 Å². The van der Waals surface area contributed by atoms with Crippen LogP contribution in [-0.2, 0) is 16.0 Å². The first-order valence-electron chi connectivity index (χ1n) is 4.77. The Morgan fingerprint density at radius 2 is 2.19 bits per heavy atom. The first kappa shape index (κ1) is 17.7. The Morgan fingerprint density at radius 3 is 2.62 bits per heavy atom. The molecule has 0 aliphatic carbocycles. The molecule has 1 unspecified atom stereocenters. The van der Waals surface area contributed by atoms with Crippen molar-refractivity contribution in [2.75, 3.05) is 7.11 Å². The highest BCUT2D eigenvalue weighted by atomic mass is 32.1. The van der Waals surface area contributed by atoms with E-state index < -0.39 is 0 Å². The van der Waals surface area contributed by atoms with Gasteiger partial charge in [0.15, 0.2) is 0 Å². The first-order chi connectivity index (χ1) is 6.72. The molecule has 0 fully saturated rings. The predicted molar refractivity (Wildman–Crippen MR) is 72.2 cm³/mol. The second-order valence-electron chi connectivity index (χ2n) is 3.38. The lowest BCUT2D eigenvalue weighted by atomic mass is 10.1. The van der Waals surface area contributed by atoms with Crippen molar-refractivity contribution in [3.8, 4) is 0 Å². The van der Waals surface area contributed by atoms with Gasteiger partial charge in [0.25, 0.3) is 0 Å². The van der Waals surface area contributed by atoms with E-state index in [4.69, 9.17) is 4.74 Å². The Balaban J connectivity index is 0. The van der Waals surface area contributed by atoms with E-state index in [0.29, 0.717) is 6.42 Å². The largest absolute Gasteiger partial charge is 0.381 e. The molecule has 1 heterocycles. The lowest BCUT2D eigenvalue weighted by Crippen LogP contribution is -2.15. The van der Waals surface area contributed by atoms with Gasteiger partial charge in [-0.25, -0.2) is 0 Å². The Bertz CT molecular complexity index is 267. The second-order valence-corrected chi connectivity index (χ2v) is 4.41. The number of Topliss-reactive ketones (excluding diaryl/α,β-unsaturated/α-hetero) is 1. The first-order valence-corrected chi connectivity index (χ1v) is 5.65. The van der Waals surface area contributed by atoms with Gasteiger partial charge in [-0.3, -0.25) is 4.79 Å². The minimum absolute atomic E-state index is 0. The minimum Gasteiger partial charge on any atom is -0.381 e. The van der Waals surface area contributed by atoms with Crippen molar-refractivity contribution in [1.29, 1.82) is 0 Å². The van der Waals surface area contributed by atoms with Crippen molar-refractivity contribution in [3.05, 3.63) is 22.4 Å². The van der Waals surface area contributed by atoms with Crippen molar-refractivity contribution in [2.45, 2.75) is 47.1 Å². The summed E-state index contributed by atoms with van der Waals surface area (Å²) in [5.74, 6) is 0.197. The van der Waals surface area contributed by atoms with Crippen molar-refractivity contribution < 1.29 is 9.53 Å². The summed E-state index contributed by atoms with van der Waals surface area (Å²) in [6.45, 7) is 1.61. The van der Waals surface area contributed by atoms with Crippen molar-refractivity contribution in [1.82, 2.24) is 0 Å². The molecule has 0 amide bonds. The number of methoxy groups -OCH3 is 1. The molecule has 1 rings (SSSR count). The van der Waals surface area contributed by atoms with E-state index in [1.54, 1.807) is 25.4 Å².